The van der Waals surface area contributed by atoms with Crippen LogP contribution >= 0.6 is 0 Å². The van der Waals surface area contributed by atoms with Gasteiger partial charge in [-0.15, -0.1) is 0 Å². The number of hydrogen-bond acceptors (Lipinski definition) is 4. The van der Waals surface area contributed by atoms with Crippen LogP contribution in [0.4, 0.5) is 0 Å². The van der Waals surface area contributed by atoms with Gasteiger partial charge in [-0.2, -0.15) is 0 Å². The summed E-state index contributed by atoms with van der Waals surface area (Å²) in [6.07, 6.45) is 8.27. The number of likely N-dealkylation sites (tertiary alicyclic amines) is 1. The van der Waals surface area contributed by atoms with E-state index in [2.05, 4.69) is 10.3 Å². The van der Waals surface area contributed by atoms with Crippen LogP contribution in [0.25, 0.3) is 11.0 Å². The van der Waals surface area contributed by atoms with Gasteiger partial charge in [0, 0.05) is 38.4 Å². The molecule has 156 valence electrons. The van der Waals surface area contributed by atoms with Gasteiger partial charge in [-0.25, -0.2) is 4.98 Å². The first-order valence-electron chi connectivity index (χ1n) is 10.6. The molecule has 0 saturated carbocycles. The topological polar surface area (TPSA) is 80.1 Å². The molecule has 3 heterocycles. The summed E-state index contributed by atoms with van der Waals surface area (Å²) in [5, 5.41) is 2.92. The Balaban J connectivity index is 1.47. The summed E-state index contributed by atoms with van der Waals surface area (Å²) in [6, 6.07) is 11.3. The normalized spacial score (nSPS) is 14.5. The molecule has 1 aromatic carbocycles. The van der Waals surface area contributed by atoms with E-state index in [1.165, 1.54) is 12.8 Å². The van der Waals surface area contributed by atoms with Crippen LogP contribution in [0.15, 0.2) is 48.8 Å². The molecule has 7 heteroatoms. The van der Waals surface area contributed by atoms with Crippen LogP contribution in [-0.4, -0.2) is 50.9 Å². The predicted molar refractivity (Wildman–Crippen MR) is 115 cm³/mol. The first kappa shape index (κ1) is 20.1. The molecule has 2 amide bonds. The number of amides is 2. The van der Waals surface area contributed by atoms with Gasteiger partial charge in [0.2, 0.25) is 5.91 Å². The lowest BCUT2D eigenvalue weighted by Gasteiger charge is -2.21. The van der Waals surface area contributed by atoms with E-state index in [-0.39, 0.29) is 18.4 Å². The summed E-state index contributed by atoms with van der Waals surface area (Å²) in [5.41, 5.74) is 2.35. The second kappa shape index (κ2) is 9.52. The minimum absolute atomic E-state index is 0.140. The molecule has 1 N–H and O–H groups in total. The van der Waals surface area contributed by atoms with Crippen molar-refractivity contribution in [2.75, 3.05) is 19.6 Å². The Hall–Kier alpha value is -3.22. The first-order valence-corrected chi connectivity index (χ1v) is 10.6. The monoisotopic (exact) mass is 405 g/mol. The molecule has 3 aromatic rings. The van der Waals surface area contributed by atoms with Crippen LogP contribution in [0.2, 0.25) is 0 Å². The number of fused-ring (bicyclic) bond motifs is 1. The molecule has 7 nitrogen and oxygen atoms in total. The number of carbonyl (C=O) groups excluding carboxylic acids is 2. The average molecular weight is 406 g/mol. The number of imidazole rings is 1. The Morgan fingerprint density at radius 3 is 2.57 bits per heavy atom. The number of nitrogens with zero attached hydrogens (tertiary/aromatic N) is 4. The van der Waals surface area contributed by atoms with E-state index >= 15 is 0 Å². The second-order valence-corrected chi connectivity index (χ2v) is 7.65. The molecule has 1 fully saturated rings. The van der Waals surface area contributed by atoms with Crippen molar-refractivity contribution in [3.63, 3.8) is 0 Å². The number of para-hydroxylation sites is 2. The minimum atomic E-state index is -0.161. The maximum Gasteiger partial charge on any atom is 0.252 e. The molecule has 1 saturated heterocycles. The van der Waals surface area contributed by atoms with E-state index in [4.69, 9.17) is 4.98 Å². The molecule has 0 radical (unpaired) electrons. The van der Waals surface area contributed by atoms with Crippen molar-refractivity contribution in [1.82, 2.24) is 24.8 Å². The minimum Gasteiger partial charge on any atom is -0.352 e. The highest BCUT2D eigenvalue weighted by atomic mass is 16.2. The highest BCUT2D eigenvalue weighted by Gasteiger charge is 2.19. The molecule has 0 unspecified atom stereocenters. The molecular formula is C23H27N5O2. The highest BCUT2D eigenvalue weighted by molar-refractivity contribution is 5.93. The Morgan fingerprint density at radius 2 is 1.80 bits per heavy atom. The summed E-state index contributed by atoms with van der Waals surface area (Å²) < 4.78 is 2.00. The largest absolute Gasteiger partial charge is 0.352 e. The van der Waals surface area contributed by atoms with Crippen molar-refractivity contribution >= 4 is 22.8 Å². The predicted octanol–water partition coefficient (Wildman–Crippen LogP) is 2.81. The lowest BCUT2D eigenvalue weighted by Crippen LogP contribution is -2.35. The van der Waals surface area contributed by atoms with Crippen molar-refractivity contribution in [2.45, 2.75) is 38.6 Å². The number of aromatic nitrogens is 3. The van der Waals surface area contributed by atoms with Gasteiger partial charge in [-0.05, 0) is 37.1 Å². The zero-order valence-electron chi connectivity index (χ0n) is 17.1. The summed E-state index contributed by atoms with van der Waals surface area (Å²) >= 11 is 0. The van der Waals surface area contributed by atoms with Crippen molar-refractivity contribution < 1.29 is 9.59 Å². The molecule has 0 bridgehead atoms. The zero-order valence-corrected chi connectivity index (χ0v) is 17.1. The van der Waals surface area contributed by atoms with Gasteiger partial charge in [0.05, 0.1) is 16.6 Å². The van der Waals surface area contributed by atoms with E-state index < -0.39 is 0 Å². The lowest BCUT2D eigenvalue weighted by atomic mass is 10.2. The second-order valence-electron chi connectivity index (χ2n) is 7.65. The number of carbonyl (C=O) groups is 2. The summed E-state index contributed by atoms with van der Waals surface area (Å²) in [5.74, 6) is 0.790. The Kier molecular flexibility index (Phi) is 6.37. The fraction of sp³-hybridized carbons (Fsp3) is 0.391. The summed E-state index contributed by atoms with van der Waals surface area (Å²) in [7, 11) is 0. The van der Waals surface area contributed by atoms with Gasteiger partial charge < -0.3 is 14.8 Å². The van der Waals surface area contributed by atoms with Gasteiger partial charge in [0.25, 0.3) is 5.91 Å². The summed E-state index contributed by atoms with van der Waals surface area (Å²) in [6.45, 7) is 2.39. The van der Waals surface area contributed by atoms with Crippen molar-refractivity contribution in [3.05, 3.63) is 60.2 Å². The van der Waals surface area contributed by atoms with Gasteiger partial charge in [-0.3, -0.25) is 14.6 Å². The highest BCUT2D eigenvalue weighted by Crippen LogP contribution is 2.18. The van der Waals surface area contributed by atoms with Gasteiger partial charge in [0.1, 0.15) is 12.4 Å². The first-order chi connectivity index (χ1) is 14.7. The average Bonchev–Trinajstić information content (AvgIpc) is 2.94. The Bertz CT molecular complexity index is 1010. The molecule has 0 atom stereocenters. The molecule has 4 rings (SSSR count). The molecular weight excluding hydrogens is 378 g/mol. The number of rotatable bonds is 6. The lowest BCUT2D eigenvalue weighted by molar-refractivity contribution is -0.131. The van der Waals surface area contributed by atoms with Gasteiger partial charge >= 0.3 is 0 Å². The fourth-order valence-corrected chi connectivity index (χ4v) is 3.93. The Morgan fingerprint density at radius 1 is 1.00 bits per heavy atom. The number of pyridine rings is 1. The van der Waals surface area contributed by atoms with Crippen LogP contribution in [0.5, 0.6) is 0 Å². The quantitative estimate of drug-likeness (QED) is 0.684. The van der Waals surface area contributed by atoms with Crippen molar-refractivity contribution in [1.29, 1.82) is 0 Å². The van der Waals surface area contributed by atoms with Crippen molar-refractivity contribution in [2.24, 2.45) is 0 Å². The van der Waals surface area contributed by atoms with Crippen LogP contribution in [0.3, 0.4) is 0 Å². The number of benzene rings is 1. The molecule has 1 aliphatic heterocycles. The van der Waals surface area contributed by atoms with Crippen LogP contribution in [0, 0.1) is 0 Å². The van der Waals surface area contributed by atoms with E-state index in [1.54, 1.807) is 24.5 Å². The summed E-state index contributed by atoms with van der Waals surface area (Å²) in [4.78, 5) is 35.9. The third-order valence-electron chi connectivity index (χ3n) is 5.54. The van der Waals surface area contributed by atoms with E-state index in [9.17, 15) is 9.59 Å². The maximum atomic E-state index is 13.0. The van der Waals surface area contributed by atoms with Gasteiger partial charge in [0.15, 0.2) is 0 Å². The molecule has 0 spiro atoms. The van der Waals surface area contributed by atoms with E-state index in [0.29, 0.717) is 18.5 Å². The third-order valence-corrected chi connectivity index (χ3v) is 5.54. The molecule has 0 aliphatic carbocycles. The number of nitrogens with one attached hydrogen (secondary N) is 1. The standard InChI is InChI=1S/C23H27N5O2/c29-22(27-14-5-1-2-6-15-27)17-28-20-10-4-3-9-19(20)26-21(28)11-13-25-23(30)18-8-7-12-24-16-18/h3-4,7-10,12,16H,1-2,5-6,11,13-15,17H2,(H,25,30). The molecule has 1 aliphatic rings. The number of hydrogen-bond donors (Lipinski definition) is 1. The Labute approximate surface area is 176 Å². The maximum absolute atomic E-state index is 13.0. The molecule has 30 heavy (non-hydrogen) atoms. The third kappa shape index (κ3) is 4.67. The van der Waals surface area contributed by atoms with E-state index in [0.717, 1.165) is 42.8 Å². The molecule has 2 aromatic heterocycles. The van der Waals surface area contributed by atoms with Crippen molar-refractivity contribution in [3.8, 4) is 0 Å². The SMILES string of the molecule is O=C(NCCc1nc2ccccc2n1CC(=O)N1CCCCCC1)c1cccnc1. The van der Waals surface area contributed by atoms with Crippen LogP contribution in [-0.2, 0) is 17.8 Å². The smallest absolute Gasteiger partial charge is 0.252 e. The fourth-order valence-electron chi connectivity index (χ4n) is 3.93. The van der Waals surface area contributed by atoms with Crippen LogP contribution < -0.4 is 5.32 Å². The zero-order chi connectivity index (χ0) is 20.8. The van der Waals surface area contributed by atoms with Crippen LogP contribution in [0.1, 0.15) is 41.9 Å². The van der Waals surface area contributed by atoms with Gasteiger partial charge in [-0.1, -0.05) is 25.0 Å². The van der Waals surface area contributed by atoms with E-state index in [1.807, 2.05) is 33.7 Å².